The second kappa shape index (κ2) is 11.6. The van der Waals surface area contributed by atoms with Crippen LogP contribution in [-0.2, 0) is 4.79 Å². The Hall–Kier alpha value is -3.60. The molecule has 0 saturated heterocycles. The molecule has 2 heterocycles. The van der Waals surface area contributed by atoms with E-state index in [1.807, 2.05) is 16.7 Å². The van der Waals surface area contributed by atoms with Gasteiger partial charge in [0.05, 0.1) is 5.70 Å². The number of imidazole rings is 1. The van der Waals surface area contributed by atoms with Crippen LogP contribution in [0.15, 0.2) is 30.8 Å². The normalized spacial score (nSPS) is 17.9. The number of fused-ring (bicyclic) bond motifs is 1. The molecule has 4 aliphatic rings. The fourth-order valence-electron chi connectivity index (χ4n) is 3.98. The van der Waals surface area contributed by atoms with Gasteiger partial charge in [0.1, 0.15) is 17.3 Å². The molecule has 1 aromatic carbocycles. The lowest BCUT2D eigenvalue weighted by atomic mass is 10.2. The first-order valence-corrected chi connectivity index (χ1v) is 13.2. The molecule has 0 bridgehead atoms. The van der Waals surface area contributed by atoms with E-state index >= 15 is 0 Å². The van der Waals surface area contributed by atoms with E-state index in [9.17, 15) is 14.0 Å². The predicted octanol–water partition coefficient (Wildman–Crippen LogP) is 6.27. The lowest BCUT2D eigenvalue weighted by molar-refractivity contribution is -0.131. The maximum Gasteiger partial charge on any atom is 0.330 e. The highest BCUT2D eigenvalue weighted by molar-refractivity contribution is 6.04. The largest absolute Gasteiger partial charge is 0.427 e. The summed E-state index contributed by atoms with van der Waals surface area (Å²) in [7, 11) is 0. The summed E-state index contributed by atoms with van der Waals surface area (Å²) < 4.78 is 16.9. The molecule has 3 saturated carbocycles. The molecular formula is C29H35FN4O3. The van der Waals surface area contributed by atoms with Crippen molar-refractivity contribution in [2.75, 3.05) is 4.90 Å². The van der Waals surface area contributed by atoms with Crippen molar-refractivity contribution in [3.05, 3.63) is 48.2 Å². The topological polar surface area (TPSA) is 78.5 Å². The minimum absolute atomic E-state index is 0.0407. The van der Waals surface area contributed by atoms with Gasteiger partial charge in [0.25, 0.3) is 0 Å². The second-order valence-electron chi connectivity index (χ2n) is 9.77. The van der Waals surface area contributed by atoms with Crippen LogP contribution in [0.1, 0.15) is 83.7 Å². The number of urea groups is 1. The standard InChI is InChI=1S/C16H18N4O.C8H7FO2.C5H10/c1-3-4-5-13-17-14-10(2)19(11-6-7-11)16(21)20(12-8-9-12)15(14)18-13;1-6(10)11-8-4-2-7(9)3-5-8;1-2-5-3-4-5/h11-12H,2-3,6-9H2,1H3,(H,17,18);2-5H,1H3;5H,2-4H2,1H3. The minimum atomic E-state index is -0.406. The maximum absolute atomic E-state index is 12.8. The maximum atomic E-state index is 12.8. The zero-order valence-electron chi connectivity index (χ0n) is 21.8. The molecule has 37 heavy (non-hydrogen) atoms. The summed E-state index contributed by atoms with van der Waals surface area (Å²) in [5.41, 5.74) is 1.60. The van der Waals surface area contributed by atoms with Gasteiger partial charge >= 0.3 is 12.0 Å². The third kappa shape index (κ3) is 7.00. The fraction of sp³-hybridized carbons (Fsp3) is 0.483. The molecule has 0 atom stereocenters. The van der Waals surface area contributed by atoms with E-state index in [1.165, 1.54) is 50.5 Å². The highest BCUT2D eigenvalue weighted by Gasteiger charge is 2.47. The Kier molecular flexibility index (Phi) is 8.32. The molecule has 196 valence electrons. The van der Waals surface area contributed by atoms with E-state index in [4.69, 9.17) is 0 Å². The summed E-state index contributed by atoms with van der Waals surface area (Å²) in [6.07, 6.45) is 9.46. The van der Waals surface area contributed by atoms with E-state index < -0.39 is 5.97 Å². The zero-order valence-corrected chi connectivity index (χ0v) is 21.8. The van der Waals surface area contributed by atoms with Crippen molar-refractivity contribution in [1.82, 2.24) is 14.9 Å². The van der Waals surface area contributed by atoms with Crippen LogP contribution in [-0.4, -0.2) is 39.0 Å². The molecule has 0 spiro atoms. The first-order chi connectivity index (χ1) is 17.8. The van der Waals surface area contributed by atoms with Gasteiger partial charge in [0, 0.05) is 25.4 Å². The number of aromatic amines is 1. The third-order valence-electron chi connectivity index (χ3n) is 6.46. The number of aromatic nitrogens is 2. The monoisotopic (exact) mass is 506 g/mol. The molecule has 3 fully saturated rings. The number of hydrogen-bond donors (Lipinski definition) is 1. The highest BCUT2D eigenvalue weighted by atomic mass is 19.1. The number of benzene rings is 1. The van der Waals surface area contributed by atoms with Crippen molar-refractivity contribution in [3.8, 4) is 17.6 Å². The summed E-state index contributed by atoms with van der Waals surface area (Å²) in [5, 5.41) is 0. The van der Waals surface area contributed by atoms with Crippen molar-refractivity contribution in [2.24, 2.45) is 5.92 Å². The third-order valence-corrected chi connectivity index (χ3v) is 6.46. The summed E-state index contributed by atoms with van der Waals surface area (Å²) in [6, 6.07) is 5.91. The number of rotatable bonds is 4. The molecule has 6 rings (SSSR count). The Morgan fingerprint density at radius 1 is 1.11 bits per heavy atom. The smallest absolute Gasteiger partial charge is 0.330 e. The summed E-state index contributed by atoms with van der Waals surface area (Å²) in [5.74, 6) is 8.11. The number of amides is 2. The van der Waals surface area contributed by atoms with E-state index in [-0.39, 0.29) is 11.8 Å². The molecule has 1 aliphatic heterocycles. The van der Waals surface area contributed by atoms with Crippen LogP contribution in [0.5, 0.6) is 5.75 Å². The predicted molar refractivity (Wildman–Crippen MR) is 141 cm³/mol. The number of esters is 1. The SMILES string of the molecule is C=C1c2[nH]c(C#CCC)nc2N(C2CC2)C(=O)N1C1CC1.CC(=O)Oc1ccc(F)cc1.CCC1CC1. The zero-order chi connectivity index (χ0) is 26.5. The highest BCUT2D eigenvalue weighted by Crippen LogP contribution is 2.44. The molecule has 3 aliphatic carbocycles. The van der Waals surface area contributed by atoms with Gasteiger partial charge in [-0.2, -0.15) is 0 Å². The molecule has 8 heteroatoms. The van der Waals surface area contributed by atoms with E-state index in [0.29, 0.717) is 29.5 Å². The number of ether oxygens (including phenoxy) is 1. The van der Waals surface area contributed by atoms with Crippen LogP contribution in [0, 0.1) is 23.6 Å². The van der Waals surface area contributed by atoms with Crippen molar-refractivity contribution < 1.29 is 18.7 Å². The molecule has 2 amide bonds. The van der Waals surface area contributed by atoms with Gasteiger partial charge in [0.15, 0.2) is 11.6 Å². The lowest BCUT2D eigenvalue weighted by Crippen LogP contribution is -2.48. The first kappa shape index (κ1) is 26.5. The average Bonchev–Trinajstić information content (AvgIpc) is 3.72. The van der Waals surface area contributed by atoms with Crippen molar-refractivity contribution >= 4 is 23.5 Å². The van der Waals surface area contributed by atoms with Crippen LogP contribution >= 0.6 is 0 Å². The molecule has 1 aromatic heterocycles. The molecule has 1 N–H and O–H groups in total. The Balaban J connectivity index is 0.000000166. The lowest BCUT2D eigenvalue weighted by Gasteiger charge is -2.35. The van der Waals surface area contributed by atoms with E-state index in [0.717, 1.165) is 49.4 Å². The Morgan fingerprint density at radius 3 is 2.22 bits per heavy atom. The number of anilines is 1. The fourth-order valence-corrected chi connectivity index (χ4v) is 3.98. The van der Waals surface area contributed by atoms with E-state index in [1.54, 1.807) is 0 Å². The van der Waals surface area contributed by atoms with Crippen molar-refractivity contribution in [3.63, 3.8) is 0 Å². The van der Waals surface area contributed by atoms with E-state index in [2.05, 4.69) is 40.0 Å². The summed E-state index contributed by atoms with van der Waals surface area (Å²) in [4.78, 5) is 34.6. The van der Waals surface area contributed by atoms with Crippen molar-refractivity contribution in [2.45, 2.75) is 84.2 Å². The van der Waals surface area contributed by atoms with Gasteiger partial charge in [0.2, 0.25) is 0 Å². The Labute approximate surface area is 218 Å². The number of carbonyl (C=O) groups excluding carboxylic acids is 2. The van der Waals surface area contributed by atoms with Gasteiger partial charge in [-0.1, -0.05) is 45.6 Å². The Morgan fingerprint density at radius 2 is 1.73 bits per heavy atom. The molecular weight excluding hydrogens is 471 g/mol. The van der Waals surface area contributed by atoms with Crippen LogP contribution < -0.4 is 9.64 Å². The molecule has 0 radical (unpaired) electrons. The minimum Gasteiger partial charge on any atom is -0.427 e. The first-order valence-electron chi connectivity index (χ1n) is 13.2. The van der Waals surface area contributed by atoms with Crippen LogP contribution in [0.3, 0.4) is 0 Å². The van der Waals surface area contributed by atoms with Gasteiger partial charge in [-0.25, -0.2) is 14.2 Å². The van der Waals surface area contributed by atoms with Gasteiger partial charge < -0.3 is 9.72 Å². The van der Waals surface area contributed by atoms with Gasteiger partial charge in [-0.05, 0) is 61.8 Å². The molecule has 7 nitrogen and oxygen atoms in total. The number of carbonyl (C=O) groups is 2. The van der Waals surface area contributed by atoms with Gasteiger partial charge in [-0.3, -0.25) is 14.6 Å². The Bertz CT molecular complexity index is 1200. The number of H-pyrrole nitrogens is 1. The molecule has 0 unspecified atom stereocenters. The number of nitrogens with one attached hydrogen (secondary N) is 1. The van der Waals surface area contributed by atoms with Crippen LogP contribution in [0.2, 0.25) is 0 Å². The molecule has 2 aromatic rings. The number of nitrogens with zero attached hydrogens (tertiary/aromatic N) is 3. The summed E-state index contributed by atoms with van der Waals surface area (Å²) in [6.45, 7) is 9.68. The number of hydrogen-bond acceptors (Lipinski definition) is 4. The van der Waals surface area contributed by atoms with Gasteiger partial charge in [-0.15, -0.1) is 0 Å². The van der Waals surface area contributed by atoms with Crippen LogP contribution in [0.25, 0.3) is 5.70 Å². The van der Waals surface area contributed by atoms with Crippen LogP contribution in [0.4, 0.5) is 15.0 Å². The van der Waals surface area contributed by atoms with Crippen molar-refractivity contribution in [1.29, 1.82) is 0 Å². The number of halogens is 1. The summed E-state index contributed by atoms with van der Waals surface area (Å²) >= 11 is 0. The average molecular weight is 507 g/mol. The quantitative estimate of drug-likeness (QED) is 0.301. The second-order valence-corrected chi connectivity index (χ2v) is 9.77.